The predicted octanol–water partition coefficient (Wildman–Crippen LogP) is 3.70. The van der Waals surface area contributed by atoms with E-state index in [1.54, 1.807) is 29.7 Å². The maximum Gasteiger partial charge on any atom is 0.272 e. The Morgan fingerprint density at radius 3 is 2.72 bits per heavy atom. The molecule has 2 aromatic carbocycles. The van der Waals surface area contributed by atoms with E-state index >= 15 is 0 Å². The van der Waals surface area contributed by atoms with E-state index in [4.69, 9.17) is 11.6 Å². The lowest BCUT2D eigenvalue weighted by Gasteiger charge is -2.12. The number of aryl methyl sites for hydroxylation is 3. The number of rotatable bonds is 4. The number of aromatic nitrogens is 2. The van der Waals surface area contributed by atoms with E-state index in [0.717, 1.165) is 22.3 Å². The Balaban J connectivity index is 1.79. The maximum atomic E-state index is 12.4. The first kappa shape index (κ1) is 17.2. The van der Waals surface area contributed by atoms with Crippen molar-refractivity contribution >= 4 is 34.2 Å². The summed E-state index contributed by atoms with van der Waals surface area (Å²) in [6, 6.07) is 12.7. The van der Waals surface area contributed by atoms with Gasteiger partial charge in [0, 0.05) is 23.7 Å². The Hall–Kier alpha value is -2.66. The molecule has 0 aliphatic carbocycles. The van der Waals surface area contributed by atoms with Gasteiger partial charge in [-0.25, -0.2) is 4.98 Å². The zero-order chi connectivity index (χ0) is 18.0. The molecule has 0 spiro atoms. The first-order valence-corrected chi connectivity index (χ1v) is 8.35. The van der Waals surface area contributed by atoms with Crippen molar-refractivity contribution in [2.75, 3.05) is 5.32 Å². The van der Waals surface area contributed by atoms with Gasteiger partial charge in [-0.1, -0.05) is 23.7 Å². The molecule has 0 saturated heterocycles. The summed E-state index contributed by atoms with van der Waals surface area (Å²) in [6.45, 7) is 3.86. The molecule has 1 heterocycles. The van der Waals surface area contributed by atoms with Gasteiger partial charge in [-0.2, -0.15) is 0 Å². The summed E-state index contributed by atoms with van der Waals surface area (Å²) in [6.07, 6.45) is 0.190. The molecule has 3 rings (SSSR count). The molecule has 0 aliphatic rings. The number of amides is 1. The molecule has 0 aliphatic heterocycles. The highest BCUT2D eigenvalue weighted by Crippen LogP contribution is 2.19. The van der Waals surface area contributed by atoms with Crippen molar-refractivity contribution < 1.29 is 4.79 Å². The van der Waals surface area contributed by atoms with Crippen LogP contribution in [0.5, 0.6) is 0 Å². The third kappa shape index (κ3) is 3.72. The van der Waals surface area contributed by atoms with E-state index in [2.05, 4.69) is 10.3 Å². The smallest absolute Gasteiger partial charge is 0.272 e. The average molecular weight is 356 g/mol. The zero-order valence-electron chi connectivity index (χ0n) is 14.0. The van der Waals surface area contributed by atoms with Gasteiger partial charge < -0.3 is 9.88 Å². The number of anilines is 1. The lowest BCUT2D eigenvalue weighted by molar-refractivity contribution is -0.116. The van der Waals surface area contributed by atoms with Crippen molar-refractivity contribution in [1.82, 2.24) is 9.55 Å². The SMILES string of the molecule is Cc1cc(Cl)ccc1NC(=O)CCn1c(=O)c(C)nc2ccccc21. The minimum Gasteiger partial charge on any atom is -0.326 e. The molecular formula is C19H18ClN3O2. The summed E-state index contributed by atoms with van der Waals surface area (Å²) >= 11 is 5.93. The lowest BCUT2D eigenvalue weighted by Crippen LogP contribution is -2.26. The zero-order valence-corrected chi connectivity index (χ0v) is 14.8. The number of benzene rings is 2. The van der Waals surface area contributed by atoms with Crippen LogP contribution in [-0.4, -0.2) is 15.5 Å². The molecule has 6 heteroatoms. The van der Waals surface area contributed by atoms with Crippen LogP contribution in [0.15, 0.2) is 47.3 Å². The van der Waals surface area contributed by atoms with Gasteiger partial charge >= 0.3 is 0 Å². The van der Waals surface area contributed by atoms with Crippen LogP contribution in [0, 0.1) is 13.8 Å². The molecular weight excluding hydrogens is 338 g/mol. The Morgan fingerprint density at radius 2 is 1.96 bits per heavy atom. The standard InChI is InChI=1S/C19H18ClN3O2/c1-12-11-14(20)7-8-15(12)22-18(24)9-10-23-17-6-4-3-5-16(17)21-13(2)19(23)25/h3-8,11H,9-10H2,1-2H3,(H,22,24). The highest BCUT2D eigenvalue weighted by atomic mass is 35.5. The van der Waals surface area contributed by atoms with Crippen LogP contribution in [0.3, 0.4) is 0 Å². The molecule has 1 aromatic heterocycles. The van der Waals surface area contributed by atoms with Crippen molar-refractivity contribution in [2.24, 2.45) is 0 Å². The van der Waals surface area contributed by atoms with Gasteiger partial charge in [-0.3, -0.25) is 9.59 Å². The molecule has 0 unspecified atom stereocenters. The van der Waals surface area contributed by atoms with Crippen LogP contribution < -0.4 is 10.9 Å². The second-order valence-electron chi connectivity index (χ2n) is 5.90. The number of para-hydroxylation sites is 2. The highest BCUT2D eigenvalue weighted by Gasteiger charge is 2.10. The number of carbonyl (C=O) groups is 1. The minimum atomic E-state index is -0.172. The molecule has 1 amide bonds. The van der Waals surface area contributed by atoms with E-state index in [0.29, 0.717) is 17.3 Å². The van der Waals surface area contributed by atoms with Gasteiger partial charge in [0.05, 0.1) is 11.0 Å². The van der Waals surface area contributed by atoms with Gasteiger partial charge in [-0.05, 0) is 49.7 Å². The lowest BCUT2D eigenvalue weighted by atomic mass is 10.2. The highest BCUT2D eigenvalue weighted by molar-refractivity contribution is 6.30. The van der Waals surface area contributed by atoms with Crippen molar-refractivity contribution in [3.8, 4) is 0 Å². The Kier molecular flexibility index (Phi) is 4.86. The van der Waals surface area contributed by atoms with Gasteiger partial charge in [0.15, 0.2) is 0 Å². The number of nitrogens with zero attached hydrogens (tertiary/aromatic N) is 2. The molecule has 5 nitrogen and oxygen atoms in total. The average Bonchev–Trinajstić information content (AvgIpc) is 2.58. The molecule has 0 saturated carbocycles. The minimum absolute atomic E-state index is 0.157. The summed E-state index contributed by atoms with van der Waals surface area (Å²) in [5, 5.41) is 3.49. The van der Waals surface area contributed by atoms with E-state index in [1.807, 2.05) is 31.2 Å². The van der Waals surface area contributed by atoms with Crippen LogP contribution in [0.4, 0.5) is 5.69 Å². The Morgan fingerprint density at radius 1 is 1.20 bits per heavy atom. The van der Waals surface area contributed by atoms with E-state index in [9.17, 15) is 9.59 Å². The summed E-state index contributed by atoms with van der Waals surface area (Å²) in [7, 11) is 0. The molecule has 128 valence electrons. The van der Waals surface area contributed by atoms with E-state index < -0.39 is 0 Å². The summed E-state index contributed by atoms with van der Waals surface area (Å²) in [4.78, 5) is 29.0. The van der Waals surface area contributed by atoms with Gasteiger partial charge in [0.2, 0.25) is 5.91 Å². The van der Waals surface area contributed by atoms with Crippen molar-refractivity contribution in [1.29, 1.82) is 0 Å². The summed E-state index contributed by atoms with van der Waals surface area (Å²) < 4.78 is 1.60. The molecule has 0 bridgehead atoms. The molecule has 0 atom stereocenters. The number of hydrogen-bond acceptors (Lipinski definition) is 3. The van der Waals surface area contributed by atoms with Crippen LogP contribution in [0.2, 0.25) is 5.02 Å². The third-order valence-electron chi connectivity index (χ3n) is 4.04. The van der Waals surface area contributed by atoms with E-state index in [1.165, 1.54) is 0 Å². The van der Waals surface area contributed by atoms with Crippen molar-refractivity contribution in [2.45, 2.75) is 26.8 Å². The fourth-order valence-corrected chi connectivity index (χ4v) is 2.96. The largest absolute Gasteiger partial charge is 0.326 e. The molecule has 0 fully saturated rings. The first-order valence-electron chi connectivity index (χ1n) is 7.98. The topological polar surface area (TPSA) is 64.0 Å². The number of nitrogens with one attached hydrogen (secondary N) is 1. The number of fused-ring (bicyclic) bond motifs is 1. The first-order chi connectivity index (χ1) is 12.0. The fraction of sp³-hybridized carbons (Fsp3) is 0.211. The van der Waals surface area contributed by atoms with Crippen LogP contribution in [-0.2, 0) is 11.3 Å². The second kappa shape index (κ2) is 7.07. The Labute approximate surface area is 150 Å². The molecule has 1 N–H and O–H groups in total. The molecule has 3 aromatic rings. The third-order valence-corrected chi connectivity index (χ3v) is 4.28. The van der Waals surface area contributed by atoms with Gasteiger partial charge in [-0.15, -0.1) is 0 Å². The van der Waals surface area contributed by atoms with Gasteiger partial charge in [0.1, 0.15) is 5.69 Å². The quantitative estimate of drug-likeness (QED) is 0.776. The van der Waals surface area contributed by atoms with Crippen LogP contribution in [0.25, 0.3) is 11.0 Å². The van der Waals surface area contributed by atoms with Crippen LogP contribution in [0.1, 0.15) is 17.7 Å². The maximum absolute atomic E-state index is 12.4. The van der Waals surface area contributed by atoms with Crippen LogP contribution >= 0.6 is 11.6 Å². The van der Waals surface area contributed by atoms with Crippen molar-refractivity contribution in [3.63, 3.8) is 0 Å². The molecule has 0 radical (unpaired) electrons. The summed E-state index contributed by atoms with van der Waals surface area (Å²) in [5.74, 6) is -0.157. The molecule has 25 heavy (non-hydrogen) atoms. The number of halogens is 1. The fourth-order valence-electron chi connectivity index (χ4n) is 2.74. The number of hydrogen-bond donors (Lipinski definition) is 1. The normalized spacial score (nSPS) is 10.8. The second-order valence-corrected chi connectivity index (χ2v) is 6.34. The van der Waals surface area contributed by atoms with Crippen molar-refractivity contribution in [3.05, 3.63) is 69.1 Å². The monoisotopic (exact) mass is 355 g/mol. The number of carbonyl (C=O) groups excluding carboxylic acids is 1. The Bertz CT molecular complexity index is 1010. The summed E-state index contributed by atoms with van der Waals surface area (Å²) in [5.41, 5.74) is 3.34. The van der Waals surface area contributed by atoms with Gasteiger partial charge in [0.25, 0.3) is 5.56 Å². The van der Waals surface area contributed by atoms with E-state index in [-0.39, 0.29) is 17.9 Å². The predicted molar refractivity (Wildman–Crippen MR) is 100 cm³/mol.